The molecular weight excluding hydrogens is 295 g/mol. The second-order valence-electron chi connectivity index (χ2n) is 2.37. The molecule has 1 heterocycles. The number of rotatable bonds is 2. The van der Waals surface area contributed by atoms with Crippen molar-refractivity contribution in [3.63, 3.8) is 0 Å². The van der Waals surface area contributed by atoms with Crippen molar-refractivity contribution >= 4 is 32.4 Å². The van der Waals surface area contributed by atoms with E-state index in [1.807, 2.05) is 22.6 Å². The molecule has 5 nitrogen and oxygen atoms in total. The quantitative estimate of drug-likeness (QED) is 0.755. The maximum Gasteiger partial charge on any atom is 0.278 e. The first kappa shape index (κ1) is 9.90. The summed E-state index contributed by atoms with van der Waals surface area (Å²) >= 11 is 1.83. The second-order valence-corrected chi connectivity index (χ2v) is 5.65. The summed E-state index contributed by atoms with van der Waals surface area (Å²) in [4.78, 5) is 0. The van der Waals surface area contributed by atoms with E-state index >= 15 is 0 Å². The summed E-state index contributed by atoms with van der Waals surface area (Å²) in [6.07, 6.45) is 1.13. The lowest BCUT2D eigenvalue weighted by Crippen LogP contribution is -2.07. The van der Waals surface area contributed by atoms with E-state index in [4.69, 9.17) is 4.42 Å². The van der Waals surface area contributed by atoms with Gasteiger partial charge in [-0.05, 0) is 6.92 Å². The highest BCUT2D eigenvalue weighted by atomic mass is 127. The Labute approximate surface area is 83.6 Å². The fourth-order valence-electron chi connectivity index (χ4n) is 0.563. The third kappa shape index (κ3) is 2.16. The van der Waals surface area contributed by atoms with E-state index in [0.717, 1.165) is 6.26 Å². The van der Waals surface area contributed by atoms with Gasteiger partial charge in [0.05, 0.1) is 0 Å². The van der Waals surface area contributed by atoms with Gasteiger partial charge in [0.15, 0.2) is 9.84 Å². The van der Waals surface area contributed by atoms with Gasteiger partial charge in [-0.3, -0.25) is 0 Å². The average Bonchev–Trinajstić information content (AvgIpc) is 2.32. The molecule has 0 aliphatic rings. The number of halogens is 1. The fourth-order valence-corrected chi connectivity index (χ4v) is 1.36. The first-order chi connectivity index (χ1) is 5.41. The molecule has 0 fully saturated rings. The monoisotopic (exact) mass is 302 g/mol. The van der Waals surface area contributed by atoms with Crippen molar-refractivity contribution in [1.82, 2.24) is 10.2 Å². The molecule has 1 aromatic heterocycles. The molecule has 1 atom stereocenters. The number of nitrogens with zero attached hydrogens (tertiary/aromatic N) is 2. The van der Waals surface area contributed by atoms with E-state index in [0.29, 0.717) is 3.90 Å². The van der Waals surface area contributed by atoms with Crippen LogP contribution < -0.4 is 0 Å². The molecule has 0 aliphatic carbocycles. The molecule has 0 saturated heterocycles. The molecule has 1 unspecified atom stereocenters. The Balaban J connectivity index is 3.01. The van der Waals surface area contributed by atoms with Gasteiger partial charge >= 0.3 is 0 Å². The minimum absolute atomic E-state index is 0.141. The van der Waals surface area contributed by atoms with E-state index < -0.39 is 15.1 Å². The molecule has 0 radical (unpaired) electrons. The van der Waals surface area contributed by atoms with Gasteiger partial charge in [0.2, 0.25) is 5.89 Å². The van der Waals surface area contributed by atoms with Gasteiger partial charge < -0.3 is 4.42 Å². The molecule has 68 valence electrons. The molecule has 0 bridgehead atoms. The minimum Gasteiger partial charge on any atom is -0.415 e. The molecule has 0 N–H and O–H groups in total. The molecule has 0 aliphatic heterocycles. The third-order valence-corrected chi connectivity index (χ3v) is 3.33. The molecule has 0 spiro atoms. The van der Waals surface area contributed by atoms with Crippen LogP contribution in [-0.2, 0) is 9.84 Å². The first-order valence-corrected chi connectivity index (χ1v) is 6.12. The molecule has 0 aromatic carbocycles. The van der Waals surface area contributed by atoms with E-state index in [9.17, 15) is 8.42 Å². The van der Waals surface area contributed by atoms with Crippen LogP contribution in [0.25, 0.3) is 0 Å². The Morgan fingerprint density at radius 1 is 1.50 bits per heavy atom. The van der Waals surface area contributed by atoms with Crippen LogP contribution in [0.2, 0.25) is 0 Å². The van der Waals surface area contributed by atoms with Crippen LogP contribution in [0.5, 0.6) is 0 Å². The largest absolute Gasteiger partial charge is 0.415 e. The van der Waals surface area contributed by atoms with Gasteiger partial charge in [0.1, 0.15) is 5.25 Å². The van der Waals surface area contributed by atoms with E-state index in [2.05, 4.69) is 10.2 Å². The maximum atomic E-state index is 11.0. The lowest BCUT2D eigenvalue weighted by molar-refractivity contribution is 0.463. The number of hydrogen-bond donors (Lipinski definition) is 0. The Bertz CT molecular complexity index is 372. The number of aromatic nitrogens is 2. The average molecular weight is 302 g/mol. The highest BCUT2D eigenvalue weighted by Crippen LogP contribution is 2.19. The van der Waals surface area contributed by atoms with Crippen molar-refractivity contribution in [3.05, 3.63) is 9.79 Å². The Morgan fingerprint density at radius 2 is 2.08 bits per heavy atom. The lowest BCUT2D eigenvalue weighted by atomic mass is 10.5. The zero-order valence-corrected chi connectivity index (χ0v) is 9.46. The van der Waals surface area contributed by atoms with Gasteiger partial charge in [-0.1, -0.05) is 0 Å². The third-order valence-electron chi connectivity index (χ3n) is 1.41. The van der Waals surface area contributed by atoms with Gasteiger partial charge in [0, 0.05) is 28.8 Å². The van der Waals surface area contributed by atoms with E-state index in [1.165, 1.54) is 6.92 Å². The summed E-state index contributed by atoms with van der Waals surface area (Å²) in [6.45, 7) is 1.51. The van der Waals surface area contributed by atoms with Crippen LogP contribution in [0.15, 0.2) is 4.42 Å². The summed E-state index contributed by atoms with van der Waals surface area (Å²) in [5.41, 5.74) is 0. The molecule has 7 heteroatoms. The van der Waals surface area contributed by atoms with Gasteiger partial charge in [-0.2, -0.15) is 0 Å². The zero-order valence-electron chi connectivity index (χ0n) is 6.48. The summed E-state index contributed by atoms with van der Waals surface area (Å²) in [5.74, 6) is 0.141. The first-order valence-electron chi connectivity index (χ1n) is 3.09. The van der Waals surface area contributed by atoms with Crippen molar-refractivity contribution in [2.24, 2.45) is 0 Å². The Kier molecular flexibility index (Phi) is 2.71. The zero-order chi connectivity index (χ0) is 9.35. The fraction of sp³-hybridized carbons (Fsp3) is 0.600. The summed E-state index contributed by atoms with van der Waals surface area (Å²) in [7, 11) is -3.14. The van der Waals surface area contributed by atoms with Crippen molar-refractivity contribution < 1.29 is 12.8 Å². The molecule has 0 saturated carbocycles. The highest BCUT2D eigenvalue weighted by molar-refractivity contribution is 14.1. The van der Waals surface area contributed by atoms with Crippen LogP contribution >= 0.6 is 22.6 Å². The maximum absolute atomic E-state index is 11.0. The predicted octanol–water partition coefficient (Wildman–Crippen LogP) is 0.780. The van der Waals surface area contributed by atoms with Crippen LogP contribution in [0.3, 0.4) is 0 Å². The topological polar surface area (TPSA) is 73.1 Å². The molecule has 0 amide bonds. The minimum atomic E-state index is -3.14. The SMILES string of the molecule is CC(c1nnc(I)o1)S(C)(=O)=O. The van der Waals surface area contributed by atoms with Crippen LogP contribution in [0.1, 0.15) is 18.1 Å². The summed E-state index contributed by atoms with van der Waals surface area (Å²) in [5, 5.41) is 6.41. The van der Waals surface area contributed by atoms with E-state index in [-0.39, 0.29) is 5.89 Å². The predicted molar refractivity (Wildman–Crippen MR) is 50.3 cm³/mol. The van der Waals surface area contributed by atoms with Gasteiger partial charge in [-0.25, -0.2) is 8.42 Å². The van der Waals surface area contributed by atoms with Crippen molar-refractivity contribution in [2.75, 3.05) is 6.26 Å². The van der Waals surface area contributed by atoms with Crippen molar-refractivity contribution in [3.8, 4) is 0 Å². The van der Waals surface area contributed by atoms with Crippen LogP contribution in [-0.4, -0.2) is 24.9 Å². The number of sulfone groups is 1. The standard InChI is InChI=1S/C5H7IN2O3S/c1-3(12(2,9)10)4-7-8-5(6)11-4/h3H,1-2H3. The van der Waals surface area contributed by atoms with E-state index in [1.54, 1.807) is 0 Å². The van der Waals surface area contributed by atoms with Crippen molar-refractivity contribution in [2.45, 2.75) is 12.2 Å². The van der Waals surface area contributed by atoms with Gasteiger partial charge in [0.25, 0.3) is 3.90 Å². The smallest absolute Gasteiger partial charge is 0.278 e. The van der Waals surface area contributed by atoms with Crippen LogP contribution in [0, 0.1) is 3.90 Å². The van der Waals surface area contributed by atoms with Gasteiger partial charge in [-0.15, -0.1) is 10.2 Å². The Morgan fingerprint density at radius 3 is 2.42 bits per heavy atom. The normalized spacial score (nSPS) is 14.6. The van der Waals surface area contributed by atoms with Crippen LogP contribution in [0.4, 0.5) is 0 Å². The summed E-state index contributed by atoms with van der Waals surface area (Å²) in [6, 6.07) is 0. The molecule has 1 rings (SSSR count). The molecule has 12 heavy (non-hydrogen) atoms. The van der Waals surface area contributed by atoms with Crippen molar-refractivity contribution in [1.29, 1.82) is 0 Å². The molecular formula is C5H7IN2O3S. The Hall–Kier alpha value is -0.180. The highest BCUT2D eigenvalue weighted by Gasteiger charge is 2.22. The number of hydrogen-bond acceptors (Lipinski definition) is 5. The summed E-state index contributed by atoms with van der Waals surface area (Å²) < 4.78 is 27.3. The molecule has 1 aromatic rings. The second kappa shape index (κ2) is 3.29. The lowest BCUT2D eigenvalue weighted by Gasteiger charge is -2.01.